The second-order valence-electron chi connectivity index (χ2n) is 5.26. The van der Waals surface area contributed by atoms with Gasteiger partial charge in [-0.15, -0.1) is 0 Å². The monoisotopic (exact) mass is 285 g/mol. The van der Waals surface area contributed by atoms with Gasteiger partial charge in [-0.1, -0.05) is 6.42 Å². The average molecular weight is 285 g/mol. The molecule has 20 heavy (non-hydrogen) atoms. The summed E-state index contributed by atoms with van der Waals surface area (Å²) < 4.78 is 5.11. The second kappa shape index (κ2) is 7.44. The van der Waals surface area contributed by atoms with Crippen molar-refractivity contribution in [3.8, 4) is 0 Å². The highest BCUT2D eigenvalue weighted by atomic mass is 16.5. The van der Waals surface area contributed by atoms with Crippen LogP contribution in [0.15, 0.2) is 0 Å². The number of nitrogens with one attached hydrogen (secondary N) is 1. The number of urea groups is 1. The highest BCUT2D eigenvalue weighted by Crippen LogP contribution is 2.09. The molecule has 2 fully saturated rings. The third kappa shape index (κ3) is 4.08. The van der Waals surface area contributed by atoms with Crippen LogP contribution < -0.4 is 5.32 Å². The van der Waals surface area contributed by atoms with Crippen molar-refractivity contribution in [3.05, 3.63) is 0 Å². The lowest BCUT2D eigenvalue weighted by Gasteiger charge is -2.33. The molecule has 0 bridgehead atoms. The van der Waals surface area contributed by atoms with Crippen LogP contribution in [0.2, 0.25) is 0 Å². The number of hydrogen-bond donors (Lipinski definition) is 2. The van der Waals surface area contributed by atoms with Gasteiger partial charge in [-0.05, 0) is 25.9 Å². The predicted octanol–water partition coefficient (Wildman–Crippen LogP) is -0.0327. The first-order valence-electron chi connectivity index (χ1n) is 7.26. The summed E-state index contributed by atoms with van der Waals surface area (Å²) in [5.74, 6) is -1.02. The Balaban J connectivity index is 1.73. The molecule has 2 heterocycles. The number of hydrogen-bond acceptors (Lipinski definition) is 4. The molecule has 0 aromatic heterocycles. The normalized spacial score (nSPS) is 24.4. The van der Waals surface area contributed by atoms with Crippen LogP contribution in [-0.2, 0) is 9.53 Å². The molecule has 0 saturated carbocycles. The van der Waals surface area contributed by atoms with Crippen molar-refractivity contribution in [2.45, 2.75) is 25.3 Å². The maximum absolute atomic E-state index is 12.0. The molecule has 2 rings (SSSR count). The van der Waals surface area contributed by atoms with E-state index in [0.717, 1.165) is 19.6 Å². The Hall–Kier alpha value is -1.34. The van der Waals surface area contributed by atoms with Crippen molar-refractivity contribution in [2.75, 3.05) is 45.9 Å². The van der Waals surface area contributed by atoms with Crippen LogP contribution in [0.1, 0.15) is 19.3 Å². The van der Waals surface area contributed by atoms with Gasteiger partial charge in [0, 0.05) is 19.6 Å². The number of carboxylic acids is 1. The highest BCUT2D eigenvalue weighted by Gasteiger charge is 2.32. The third-order valence-electron chi connectivity index (χ3n) is 3.83. The topological polar surface area (TPSA) is 82.1 Å². The zero-order valence-electron chi connectivity index (χ0n) is 11.7. The van der Waals surface area contributed by atoms with Crippen molar-refractivity contribution in [3.63, 3.8) is 0 Å². The summed E-state index contributed by atoms with van der Waals surface area (Å²) in [6, 6.07) is -1.18. The molecular formula is C13H23N3O4. The molecular weight excluding hydrogens is 262 g/mol. The van der Waals surface area contributed by atoms with E-state index in [1.165, 1.54) is 24.2 Å². The molecule has 0 aromatic rings. The number of piperidine rings is 1. The fourth-order valence-corrected chi connectivity index (χ4v) is 2.66. The summed E-state index contributed by atoms with van der Waals surface area (Å²) in [6.07, 6.45) is 3.73. The van der Waals surface area contributed by atoms with Gasteiger partial charge in [-0.2, -0.15) is 0 Å². The summed E-state index contributed by atoms with van der Waals surface area (Å²) in [6.45, 7) is 4.34. The molecule has 2 aliphatic heterocycles. The van der Waals surface area contributed by atoms with Crippen molar-refractivity contribution >= 4 is 12.0 Å². The van der Waals surface area contributed by atoms with Crippen LogP contribution in [0.25, 0.3) is 0 Å². The fourth-order valence-electron chi connectivity index (χ4n) is 2.66. The number of ether oxygens (including phenoxy) is 1. The molecule has 0 aliphatic carbocycles. The van der Waals surface area contributed by atoms with E-state index in [0.29, 0.717) is 19.7 Å². The lowest BCUT2D eigenvalue weighted by Crippen LogP contribution is -2.56. The number of carbonyl (C=O) groups is 2. The van der Waals surface area contributed by atoms with E-state index in [9.17, 15) is 9.59 Å². The number of carboxylic acid groups (broad SMARTS) is 1. The maximum Gasteiger partial charge on any atom is 0.328 e. The minimum atomic E-state index is -1.02. The van der Waals surface area contributed by atoms with Gasteiger partial charge in [-0.3, -0.25) is 0 Å². The van der Waals surface area contributed by atoms with Crippen molar-refractivity contribution in [1.29, 1.82) is 0 Å². The number of morpholine rings is 1. The van der Waals surface area contributed by atoms with Gasteiger partial charge in [0.25, 0.3) is 0 Å². The lowest BCUT2D eigenvalue weighted by molar-refractivity contribution is -0.147. The summed E-state index contributed by atoms with van der Waals surface area (Å²) >= 11 is 0. The van der Waals surface area contributed by atoms with E-state index in [1.807, 2.05) is 0 Å². The summed E-state index contributed by atoms with van der Waals surface area (Å²) in [5.41, 5.74) is 0. The molecule has 0 radical (unpaired) electrons. The first-order chi connectivity index (χ1) is 9.68. The van der Waals surface area contributed by atoms with E-state index in [4.69, 9.17) is 9.84 Å². The average Bonchev–Trinajstić information content (AvgIpc) is 2.48. The van der Waals surface area contributed by atoms with Gasteiger partial charge < -0.3 is 25.0 Å². The third-order valence-corrected chi connectivity index (χ3v) is 3.83. The van der Waals surface area contributed by atoms with Gasteiger partial charge in [0.05, 0.1) is 13.2 Å². The minimum Gasteiger partial charge on any atom is -0.480 e. The minimum absolute atomic E-state index is 0.0644. The first-order valence-corrected chi connectivity index (χ1v) is 7.26. The second-order valence-corrected chi connectivity index (χ2v) is 5.26. The number of carbonyl (C=O) groups excluding carboxylic acids is 1. The van der Waals surface area contributed by atoms with E-state index >= 15 is 0 Å². The van der Waals surface area contributed by atoms with E-state index in [1.54, 1.807) is 0 Å². The molecule has 7 heteroatoms. The molecule has 0 aromatic carbocycles. The van der Waals surface area contributed by atoms with Crippen molar-refractivity contribution in [1.82, 2.24) is 15.1 Å². The molecule has 7 nitrogen and oxygen atoms in total. The molecule has 0 spiro atoms. The molecule has 114 valence electrons. The Morgan fingerprint density at radius 2 is 1.95 bits per heavy atom. The van der Waals surface area contributed by atoms with Crippen LogP contribution in [0.3, 0.4) is 0 Å². The van der Waals surface area contributed by atoms with E-state index < -0.39 is 12.0 Å². The van der Waals surface area contributed by atoms with Gasteiger partial charge in [-0.25, -0.2) is 9.59 Å². The Morgan fingerprint density at radius 3 is 2.65 bits per heavy atom. The summed E-state index contributed by atoms with van der Waals surface area (Å²) in [4.78, 5) is 26.8. The summed E-state index contributed by atoms with van der Waals surface area (Å²) in [5, 5.41) is 11.9. The van der Waals surface area contributed by atoms with Crippen LogP contribution in [-0.4, -0.2) is 78.9 Å². The summed E-state index contributed by atoms with van der Waals surface area (Å²) in [7, 11) is 0. The fraction of sp³-hybridized carbons (Fsp3) is 0.846. The van der Waals surface area contributed by atoms with Crippen molar-refractivity contribution < 1.29 is 19.4 Å². The van der Waals surface area contributed by atoms with Gasteiger partial charge in [0.1, 0.15) is 0 Å². The number of aliphatic carboxylic acids is 1. The van der Waals surface area contributed by atoms with Crippen molar-refractivity contribution in [2.24, 2.45) is 0 Å². The van der Waals surface area contributed by atoms with Crippen LogP contribution in [0.4, 0.5) is 4.79 Å². The zero-order valence-corrected chi connectivity index (χ0v) is 11.7. The standard InChI is InChI=1S/C13H23N3O4/c17-12(18)11-10-20-9-8-16(11)13(19)14-4-7-15-5-2-1-3-6-15/h11H,1-10H2,(H,14,19)(H,17,18). The number of likely N-dealkylation sites (tertiary alicyclic amines) is 1. The Morgan fingerprint density at radius 1 is 1.20 bits per heavy atom. The molecule has 1 atom stereocenters. The maximum atomic E-state index is 12.0. The quantitative estimate of drug-likeness (QED) is 0.758. The smallest absolute Gasteiger partial charge is 0.328 e. The first kappa shape index (κ1) is 15.1. The van der Waals surface area contributed by atoms with E-state index in [2.05, 4.69) is 10.2 Å². The molecule has 2 N–H and O–H groups in total. The molecule has 2 aliphatic rings. The molecule has 2 saturated heterocycles. The van der Waals surface area contributed by atoms with Gasteiger partial charge in [0.2, 0.25) is 0 Å². The van der Waals surface area contributed by atoms with Gasteiger partial charge in [0.15, 0.2) is 6.04 Å². The highest BCUT2D eigenvalue weighted by molar-refractivity contribution is 5.82. The number of amides is 2. The predicted molar refractivity (Wildman–Crippen MR) is 72.6 cm³/mol. The van der Waals surface area contributed by atoms with E-state index in [-0.39, 0.29) is 12.6 Å². The van der Waals surface area contributed by atoms with Crippen LogP contribution in [0.5, 0.6) is 0 Å². The molecule has 1 unspecified atom stereocenters. The van der Waals surface area contributed by atoms with Crippen LogP contribution in [0, 0.1) is 0 Å². The number of rotatable bonds is 4. The van der Waals surface area contributed by atoms with Crippen LogP contribution >= 0.6 is 0 Å². The SMILES string of the molecule is O=C(O)C1COCCN1C(=O)NCCN1CCCCC1. The Labute approximate surface area is 118 Å². The van der Waals surface area contributed by atoms with Gasteiger partial charge >= 0.3 is 12.0 Å². The molecule has 2 amide bonds. The Bertz CT molecular complexity index is 345. The Kier molecular flexibility index (Phi) is 5.60. The number of nitrogens with zero attached hydrogens (tertiary/aromatic N) is 2. The zero-order chi connectivity index (χ0) is 14.4. The lowest BCUT2D eigenvalue weighted by atomic mass is 10.1. The largest absolute Gasteiger partial charge is 0.480 e.